The molecule has 104 valence electrons. The number of esters is 1. The number of piperazine rings is 1. The van der Waals surface area contributed by atoms with Crippen molar-refractivity contribution in [2.75, 3.05) is 40.4 Å². The summed E-state index contributed by atoms with van der Waals surface area (Å²) >= 11 is 0. The van der Waals surface area contributed by atoms with Gasteiger partial charge in [-0.2, -0.15) is 0 Å². The normalized spacial score (nSPS) is 17.8. The van der Waals surface area contributed by atoms with Crippen LogP contribution in [-0.2, 0) is 9.53 Å². The van der Waals surface area contributed by atoms with Crippen molar-refractivity contribution in [1.82, 2.24) is 10.2 Å². The molecule has 1 aromatic rings. The summed E-state index contributed by atoms with van der Waals surface area (Å²) in [6.07, 6.45) is 0. The Balaban J connectivity index is 2.22. The van der Waals surface area contributed by atoms with E-state index in [-0.39, 0.29) is 12.0 Å². The molecule has 1 saturated heterocycles. The fourth-order valence-electron chi connectivity index (χ4n) is 2.33. The molecular weight excluding hydrogens is 244 g/mol. The Morgan fingerprint density at radius 1 is 1.21 bits per heavy atom. The van der Waals surface area contributed by atoms with Crippen LogP contribution in [0.5, 0.6) is 5.75 Å². The van der Waals surface area contributed by atoms with E-state index >= 15 is 0 Å². The molecule has 19 heavy (non-hydrogen) atoms. The summed E-state index contributed by atoms with van der Waals surface area (Å²) in [6.45, 7) is 3.46. The Hall–Kier alpha value is -1.59. The summed E-state index contributed by atoms with van der Waals surface area (Å²) in [6, 6.07) is 7.24. The topological polar surface area (TPSA) is 50.8 Å². The van der Waals surface area contributed by atoms with Crippen LogP contribution in [0.4, 0.5) is 0 Å². The van der Waals surface area contributed by atoms with Crippen molar-refractivity contribution in [1.29, 1.82) is 0 Å². The van der Waals surface area contributed by atoms with Gasteiger partial charge in [-0.1, -0.05) is 12.1 Å². The molecule has 1 atom stereocenters. The van der Waals surface area contributed by atoms with Gasteiger partial charge in [0, 0.05) is 26.2 Å². The molecule has 1 heterocycles. The maximum Gasteiger partial charge on any atom is 0.327 e. The van der Waals surface area contributed by atoms with Crippen LogP contribution >= 0.6 is 0 Å². The maximum absolute atomic E-state index is 12.1. The van der Waals surface area contributed by atoms with Gasteiger partial charge in [0.15, 0.2) is 0 Å². The lowest BCUT2D eigenvalue weighted by Gasteiger charge is -2.33. The van der Waals surface area contributed by atoms with Crippen LogP contribution in [0.1, 0.15) is 11.6 Å². The van der Waals surface area contributed by atoms with Gasteiger partial charge >= 0.3 is 5.97 Å². The van der Waals surface area contributed by atoms with E-state index in [0.29, 0.717) is 0 Å². The number of methoxy groups -OCH3 is 2. The van der Waals surface area contributed by atoms with Gasteiger partial charge in [0.2, 0.25) is 0 Å². The van der Waals surface area contributed by atoms with Crippen molar-refractivity contribution in [3.05, 3.63) is 29.8 Å². The number of ether oxygens (including phenoxy) is 2. The van der Waals surface area contributed by atoms with E-state index in [1.165, 1.54) is 7.11 Å². The van der Waals surface area contributed by atoms with E-state index < -0.39 is 0 Å². The molecule has 5 nitrogen and oxygen atoms in total. The number of rotatable bonds is 4. The molecule has 1 aromatic carbocycles. The number of carbonyl (C=O) groups excluding carboxylic acids is 1. The molecule has 1 unspecified atom stereocenters. The second-order valence-electron chi connectivity index (χ2n) is 4.48. The van der Waals surface area contributed by atoms with E-state index in [2.05, 4.69) is 10.2 Å². The quantitative estimate of drug-likeness (QED) is 0.816. The van der Waals surface area contributed by atoms with Crippen molar-refractivity contribution >= 4 is 5.97 Å². The molecular formula is C14H20N2O3. The molecule has 0 saturated carbocycles. The predicted molar refractivity (Wildman–Crippen MR) is 72.2 cm³/mol. The third kappa shape index (κ3) is 3.24. The van der Waals surface area contributed by atoms with E-state index in [1.807, 2.05) is 24.3 Å². The van der Waals surface area contributed by atoms with Gasteiger partial charge in [-0.3, -0.25) is 4.90 Å². The first kappa shape index (κ1) is 13.8. The van der Waals surface area contributed by atoms with Crippen molar-refractivity contribution in [3.8, 4) is 5.75 Å². The number of hydrogen-bond donors (Lipinski definition) is 1. The van der Waals surface area contributed by atoms with E-state index in [0.717, 1.165) is 37.5 Å². The Morgan fingerprint density at radius 3 is 2.37 bits per heavy atom. The smallest absolute Gasteiger partial charge is 0.327 e. The van der Waals surface area contributed by atoms with Gasteiger partial charge in [0.1, 0.15) is 11.8 Å². The van der Waals surface area contributed by atoms with Gasteiger partial charge in [-0.05, 0) is 17.7 Å². The standard InChI is InChI=1S/C14H20N2O3/c1-18-12-5-3-11(4-6-12)13(14(17)19-2)16-9-7-15-8-10-16/h3-6,13,15H,7-10H2,1-2H3. The minimum Gasteiger partial charge on any atom is -0.497 e. The van der Waals surface area contributed by atoms with Gasteiger partial charge in [-0.15, -0.1) is 0 Å². The molecule has 0 amide bonds. The third-order valence-corrected chi connectivity index (χ3v) is 3.37. The van der Waals surface area contributed by atoms with Crippen LogP contribution in [0.15, 0.2) is 24.3 Å². The van der Waals surface area contributed by atoms with E-state index in [9.17, 15) is 4.79 Å². The summed E-state index contributed by atoms with van der Waals surface area (Å²) < 4.78 is 10.1. The van der Waals surface area contributed by atoms with Crippen molar-refractivity contribution in [3.63, 3.8) is 0 Å². The first-order valence-corrected chi connectivity index (χ1v) is 6.43. The SMILES string of the molecule is COC(=O)C(c1ccc(OC)cc1)N1CCNCC1. The van der Waals surface area contributed by atoms with Gasteiger partial charge in [0.25, 0.3) is 0 Å². The second kappa shape index (κ2) is 6.54. The third-order valence-electron chi connectivity index (χ3n) is 3.37. The minimum absolute atomic E-state index is 0.216. The minimum atomic E-state index is -0.335. The predicted octanol–water partition coefficient (Wildman–Crippen LogP) is 0.814. The highest BCUT2D eigenvalue weighted by molar-refractivity contribution is 5.77. The first-order chi connectivity index (χ1) is 9.26. The van der Waals surface area contributed by atoms with Crippen molar-refractivity contribution in [2.45, 2.75) is 6.04 Å². The van der Waals surface area contributed by atoms with Gasteiger partial charge in [0.05, 0.1) is 14.2 Å². The van der Waals surface area contributed by atoms with Crippen molar-refractivity contribution in [2.24, 2.45) is 0 Å². The summed E-state index contributed by atoms with van der Waals surface area (Å²) in [7, 11) is 3.06. The van der Waals surface area contributed by atoms with Crippen molar-refractivity contribution < 1.29 is 14.3 Å². The zero-order valence-corrected chi connectivity index (χ0v) is 11.4. The van der Waals surface area contributed by atoms with Crippen LogP contribution in [0.3, 0.4) is 0 Å². The summed E-state index contributed by atoms with van der Waals surface area (Å²) in [5, 5.41) is 3.28. The lowest BCUT2D eigenvalue weighted by Crippen LogP contribution is -2.47. The number of nitrogens with zero attached hydrogens (tertiary/aromatic N) is 1. The monoisotopic (exact) mass is 264 g/mol. The molecule has 5 heteroatoms. The molecule has 1 N–H and O–H groups in total. The van der Waals surface area contributed by atoms with E-state index in [4.69, 9.17) is 9.47 Å². The summed E-state index contributed by atoms with van der Waals surface area (Å²) in [5.41, 5.74) is 0.939. The molecule has 0 spiro atoms. The van der Waals surface area contributed by atoms with Gasteiger partial charge < -0.3 is 14.8 Å². The zero-order chi connectivity index (χ0) is 13.7. The molecule has 0 aromatic heterocycles. The largest absolute Gasteiger partial charge is 0.497 e. The van der Waals surface area contributed by atoms with Crippen LogP contribution in [0.25, 0.3) is 0 Å². The highest BCUT2D eigenvalue weighted by atomic mass is 16.5. The number of carbonyl (C=O) groups is 1. The lowest BCUT2D eigenvalue weighted by molar-refractivity contribution is -0.147. The molecule has 0 aliphatic carbocycles. The molecule has 0 bridgehead atoms. The fourth-order valence-corrected chi connectivity index (χ4v) is 2.33. The first-order valence-electron chi connectivity index (χ1n) is 6.43. The average Bonchev–Trinajstić information content (AvgIpc) is 2.49. The van der Waals surface area contributed by atoms with Crippen LogP contribution in [0, 0.1) is 0 Å². The van der Waals surface area contributed by atoms with Gasteiger partial charge in [-0.25, -0.2) is 4.79 Å². The Kier molecular flexibility index (Phi) is 4.76. The molecule has 1 aliphatic rings. The summed E-state index contributed by atoms with van der Waals surface area (Å²) in [5.74, 6) is 0.569. The number of benzene rings is 1. The number of hydrogen-bond acceptors (Lipinski definition) is 5. The Labute approximate surface area is 113 Å². The molecule has 0 radical (unpaired) electrons. The number of nitrogens with one attached hydrogen (secondary N) is 1. The molecule has 2 rings (SSSR count). The second-order valence-corrected chi connectivity index (χ2v) is 4.48. The zero-order valence-electron chi connectivity index (χ0n) is 11.4. The lowest BCUT2D eigenvalue weighted by atomic mass is 10.0. The Morgan fingerprint density at radius 2 is 1.84 bits per heavy atom. The highest BCUT2D eigenvalue weighted by Crippen LogP contribution is 2.24. The summed E-state index contributed by atoms with van der Waals surface area (Å²) in [4.78, 5) is 14.2. The van der Waals surface area contributed by atoms with Crippen LogP contribution < -0.4 is 10.1 Å². The van der Waals surface area contributed by atoms with Crippen LogP contribution in [0.2, 0.25) is 0 Å². The fraction of sp³-hybridized carbons (Fsp3) is 0.500. The highest BCUT2D eigenvalue weighted by Gasteiger charge is 2.29. The maximum atomic E-state index is 12.1. The average molecular weight is 264 g/mol. The van der Waals surface area contributed by atoms with Crippen LogP contribution in [-0.4, -0.2) is 51.3 Å². The Bertz CT molecular complexity index is 413. The van der Waals surface area contributed by atoms with E-state index in [1.54, 1.807) is 7.11 Å². The molecule has 1 fully saturated rings. The molecule has 1 aliphatic heterocycles.